The molecule has 1 aliphatic rings. The summed E-state index contributed by atoms with van der Waals surface area (Å²) in [6.45, 7) is 6.45. The van der Waals surface area contributed by atoms with E-state index in [9.17, 15) is 9.59 Å². The fourth-order valence-electron chi connectivity index (χ4n) is 8.08. The highest BCUT2D eigenvalue weighted by Gasteiger charge is 2.40. The number of hydrogen-bond donors (Lipinski definition) is 0. The third-order valence-corrected chi connectivity index (χ3v) is 10.2. The molecule has 0 fully saturated rings. The Bertz CT molecular complexity index is 2680. The molecule has 51 heavy (non-hydrogen) atoms. The second-order valence-electron chi connectivity index (χ2n) is 13.5. The first-order valence-corrected chi connectivity index (χ1v) is 17.3. The summed E-state index contributed by atoms with van der Waals surface area (Å²) in [5.41, 5.74) is 13.8. The van der Waals surface area contributed by atoms with Crippen LogP contribution >= 0.6 is 0 Å². The van der Waals surface area contributed by atoms with E-state index in [1.165, 1.54) is 27.2 Å². The summed E-state index contributed by atoms with van der Waals surface area (Å²) in [7, 11) is 0. The van der Waals surface area contributed by atoms with Crippen LogP contribution in [-0.2, 0) is 0 Å². The molecule has 1 aromatic heterocycles. The predicted octanol–water partition coefficient (Wildman–Crippen LogP) is 11.5. The standard InChI is InChI=1S/C47H34N2O2/c1-29-25-30(2)44(31(3)26-29)35-21-23-37-36-17-10-11-19-40(36)48(43(37)28-35)42-20-12-18-38-45(42)47(51)49(46(38)50)41-24-22-34(32-13-6-4-7-14-32)27-39(41)33-15-8-5-9-16-33/h4-28H,1-3H3. The molecule has 0 spiro atoms. The van der Waals surface area contributed by atoms with Gasteiger partial charge >= 0.3 is 0 Å². The van der Waals surface area contributed by atoms with Crippen LogP contribution in [0.1, 0.15) is 37.4 Å². The van der Waals surface area contributed by atoms with Crippen molar-refractivity contribution < 1.29 is 9.59 Å². The lowest BCUT2D eigenvalue weighted by atomic mass is 9.93. The molecule has 0 saturated carbocycles. The molecule has 0 atom stereocenters. The minimum Gasteiger partial charge on any atom is -0.308 e. The maximum absolute atomic E-state index is 14.8. The summed E-state index contributed by atoms with van der Waals surface area (Å²) < 4.78 is 2.16. The van der Waals surface area contributed by atoms with E-state index >= 15 is 0 Å². The Kier molecular flexibility index (Phi) is 7.08. The number of imide groups is 1. The zero-order valence-electron chi connectivity index (χ0n) is 28.6. The second kappa shape index (κ2) is 11.8. The van der Waals surface area contributed by atoms with Gasteiger partial charge in [0, 0.05) is 16.3 Å². The molecular formula is C47H34N2O2. The number of carbonyl (C=O) groups is 2. The van der Waals surface area contributed by atoms with Gasteiger partial charge in [-0.1, -0.05) is 121 Å². The molecule has 4 heteroatoms. The first-order chi connectivity index (χ1) is 24.9. The van der Waals surface area contributed by atoms with Crippen LogP contribution in [0.5, 0.6) is 0 Å². The lowest BCUT2D eigenvalue weighted by molar-refractivity contribution is 0.0926. The van der Waals surface area contributed by atoms with Gasteiger partial charge in [-0.05, 0) is 96.1 Å². The number of carbonyl (C=O) groups excluding carboxylic acids is 2. The van der Waals surface area contributed by atoms with Crippen LogP contribution in [0.25, 0.3) is 60.9 Å². The molecule has 0 saturated heterocycles. The van der Waals surface area contributed by atoms with Crippen molar-refractivity contribution in [2.24, 2.45) is 0 Å². The van der Waals surface area contributed by atoms with Crippen LogP contribution in [0.3, 0.4) is 0 Å². The number of benzene rings is 7. The number of aromatic nitrogens is 1. The van der Waals surface area contributed by atoms with Gasteiger partial charge < -0.3 is 4.57 Å². The average molecular weight is 659 g/mol. The van der Waals surface area contributed by atoms with Gasteiger partial charge in [0.25, 0.3) is 11.8 Å². The molecule has 0 unspecified atom stereocenters. The van der Waals surface area contributed by atoms with Crippen molar-refractivity contribution in [2.45, 2.75) is 20.8 Å². The summed E-state index contributed by atoms with van der Waals surface area (Å²) in [4.78, 5) is 30.6. The molecule has 0 radical (unpaired) electrons. The number of amides is 2. The lowest BCUT2D eigenvalue weighted by Crippen LogP contribution is -2.30. The van der Waals surface area contributed by atoms with Gasteiger partial charge in [0.05, 0.1) is 33.5 Å². The average Bonchev–Trinajstić information content (AvgIpc) is 3.61. The van der Waals surface area contributed by atoms with E-state index in [4.69, 9.17) is 0 Å². The number of fused-ring (bicyclic) bond motifs is 4. The van der Waals surface area contributed by atoms with Gasteiger partial charge in [0.2, 0.25) is 0 Å². The monoisotopic (exact) mass is 658 g/mol. The van der Waals surface area contributed by atoms with Gasteiger partial charge in [-0.25, -0.2) is 4.90 Å². The Morgan fingerprint density at radius 2 is 1.06 bits per heavy atom. The topological polar surface area (TPSA) is 42.3 Å². The molecule has 2 amide bonds. The zero-order chi connectivity index (χ0) is 34.8. The fraction of sp³-hybridized carbons (Fsp3) is 0.0638. The van der Waals surface area contributed by atoms with Crippen molar-refractivity contribution in [3.05, 3.63) is 179 Å². The molecule has 0 aliphatic carbocycles. The molecule has 4 nitrogen and oxygen atoms in total. The van der Waals surface area contributed by atoms with Gasteiger partial charge in [-0.3, -0.25) is 9.59 Å². The van der Waals surface area contributed by atoms with Gasteiger partial charge in [0.15, 0.2) is 0 Å². The van der Waals surface area contributed by atoms with Gasteiger partial charge in [-0.15, -0.1) is 0 Å². The van der Waals surface area contributed by atoms with E-state index < -0.39 is 0 Å². The van der Waals surface area contributed by atoms with Crippen molar-refractivity contribution in [3.63, 3.8) is 0 Å². The maximum Gasteiger partial charge on any atom is 0.268 e. The Balaban J connectivity index is 1.24. The first-order valence-electron chi connectivity index (χ1n) is 17.3. The number of aryl methyl sites for hydroxylation is 3. The normalized spacial score (nSPS) is 12.6. The zero-order valence-corrected chi connectivity index (χ0v) is 28.6. The van der Waals surface area contributed by atoms with Crippen LogP contribution < -0.4 is 4.90 Å². The number of hydrogen-bond acceptors (Lipinski definition) is 2. The maximum atomic E-state index is 14.8. The summed E-state index contributed by atoms with van der Waals surface area (Å²) >= 11 is 0. The van der Waals surface area contributed by atoms with E-state index in [1.54, 1.807) is 6.07 Å². The van der Waals surface area contributed by atoms with Crippen LogP contribution in [0.15, 0.2) is 152 Å². The summed E-state index contributed by atoms with van der Waals surface area (Å²) in [5, 5.41) is 2.18. The highest BCUT2D eigenvalue weighted by Crippen LogP contribution is 2.42. The van der Waals surface area contributed by atoms with E-state index in [0.29, 0.717) is 22.5 Å². The van der Waals surface area contributed by atoms with Crippen LogP contribution in [0, 0.1) is 20.8 Å². The predicted molar refractivity (Wildman–Crippen MR) is 209 cm³/mol. The van der Waals surface area contributed by atoms with Gasteiger partial charge in [0.1, 0.15) is 0 Å². The second-order valence-corrected chi connectivity index (χ2v) is 13.5. The molecule has 0 N–H and O–H groups in total. The molecule has 7 aromatic carbocycles. The van der Waals surface area contributed by atoms with Crippen molar-refractivity contribution in [3.8, 4) is 39.1 Å². The summed E-state index contributed by atoms with van der Waals surface area (Å²) in [6.07, 6.45) is 0. The molecule has 9 rings (SSSR count). The first kappa shape index (κ1) is 30.5. The van der Waals surface area contributed by atoms with Crippen LogP contribution in [-0.4, -0.2) is 16.4 Å². The third-order valence-electron chi connectivity index (χ3n) is 10.2. The SMILES string of the molecule is Cc1cc(C)c(-c2ccc3c4ccccc4n(-c4cccc5c4C(=O)N(c4ccc(-c6ccccc6)cc4-c4ccccc4)C5=O)c3c2)c(C)c1. The van der Waals surface area contributed by atoms with Crippen molar-refractivity contribution >= 4 is 39.3 Å². The van der Waals surface area contributed by atoms with Gasteiger partial charge in [-0.2, -0.15) is 0 Å². The summed E-state index contributed by atoms with van der Waals surface area (Å²) in [5.74, 6) is -0.656. The van der Waals surface area contributed by atoms with Crippen LogP contribution in [0.2, 0.25) is 0 Å². The van der Waals surface area contributed by atoms with Crippen molar-refractivity contribution in [1.82, 2.24) is 4.57 Å². The Hall–Kier alpha value is -6.52. The molecule has 8 aromatic rings. The molecule has 1 aliphatic heterocycles. The van der Waals surface area contributed by atoms with Crippen molar-refractivity contribution in [2.75, 3.05) is 4.90 Å². The smallest absolute Gasteiger partial charge is 0.268 e. The van der Waals surface area contributed by atoms with E-state index in [-0.39, 0.29) is 11.8 Å². The largest absolute Gasteiger partial charge is 0.308 e. The molecule has 2 heterocycles. The fourth-order valence-corrected chi connectivity index (χ4v) is 8.08. The minimum atomic E-state index is -0.331. The molecular weight excluding hydrogens is 625 g/mol. The van der Waals surface area contributed by atoms with Crippen molar-refractivity contribution in [1.29, 1.82) is 0 Å². The number of rotatable bonds is 5. The number of anilines is 1. The van der Waals surface area contributed by atoms with E-state index in [0.717, 1.165) is 49.6 Å². The van der Waals surface area contributed by atoms with E-state index in [1.807, 2.05) is 84.9 Å². The third kappa shape index (κ3) is 4.83. The quantitative estimate of drug-likeness (QED) is 0.173. The number of para-hydroxylation sites is 1. The minimum absolute atomic E-state index is 0.325. The molecule has 0 bridgehead atoms. The van der Waals surface area contributed by atoms with Crippen LogP contribution in [0.4, 0.5) is 5.69 Å². The Morgan fingerprint density at radius 3 is 1.80 bits per heavy atom. The Morgan fingerprint density at radius 1 is 0.412 bits per heavy atom. The highest BCUT2D eigenvalue weighted by molar-refractivity contribution is 6.36. The number of nitrogens with zero attached hydrogens (tertiary/aromatic N) is 2. The lowest BCUT2D eigenvalue weighted by Gasteiger charge is -2.20. The Labute approximate surface area is 296 Å². The molecule has 244 valence electrons. The summed E-state index contributed by atoms with van der Waals surface area (Å²) in [6, 6.07) is 51.1. The highest BCUT2D eigenvalue weighted by atomic mass is 16.2. The van der Waals surface area contributed by atoms with E-state index in [2.05, 4.69) is 86.0 Å².